The monoisotopic (exact) mass is 311 g/mol. The predicted octanol–water partition coefficient (Wildman–Crippen LogP) is 2.11. The van der Waals surface area contributed by atoms with Crippen molar-refractivity contribution < 1.29 is 9.21 Å². The van der Waals surface area contributed by atoms with Crippen LogP contribution in [-0.2, 0) is 13.6 Å². The highest BCUT2D eigenvalue weighted by atomic mass is 16.4. The number of hydrogen-bond acceptors (Lipinski definition) is 4. The Bertz CT molecular complexity index is 940. The molecule has 0 unspecified atom stereocenters. The van der Waals surface area contributed by atoms with Gasteiger partial charge in [-0.25, -0.2) is 4.79 Å². The molecule has 0 atom stereocenters. The Morgan fingerprint density at radius 1 is 1.35 bits per heavy atom. The molecule has 118 valence electrons. The second kappa shape index (κ2) is 5.72. The molecule has 0 spiro atoms. The third-order valence-corrected chi connectivity index (χ3v) is 3.74. The summed E-state index contributed by atoms with van der Waals surface area (Å²) in [4.78, 5) is 26.1. The largest absolute Gasteiger partial charge is 0.422 e. The predicted molar refractivity (Wildman–Crippen MR) is 86.2 cm³/mol. The van der Waals surface area contributed by atoms with E-state index in [9.17, 15) is 9.59 Å². The van der Waals surface area contributed by atoms with Crippen LogP contribution < -0.4 is 5.63 Å². The summed E-state index contributed by atoms with van der Waals surface area (Å²) in [6, 6.07) is 8.70. The summed E-state index contributed by atoms with van der Waals surface area (Å²) in [5, 5.41) is 4.98. The molecule has 2 heterocycles. The zero-order valence-electron chi connectivity index (χ0n) is 13.2. The van der Waals surface area contributed by atoms with Crippen LogP contribution in [0.5, 0.6) is 0 Å². The van der Waals surface area contributed by atoms with E-state index in [1.807, 2.05) is 26.2 Å². The summed E-state index contributed by atoms with van der Waals surface area (Å²) in [5.41, 5.74) is 1.68. The lowest BCUT2D eigenvalue weighted by Crippen LogP contribution is -2.30. The summed E-state index contributed by atoms with van der Waals surface area (Å²) >= 11 is 0. The highest BCUT2D eigenvalue weighted by Crippen LogP contribution is 2.15. The first-order chi connectivity index (χ1) is 11.0. The number of aryl methyl sites for hydroxylation is 2. The van der Waals surface area contributed by atoms with Crippen molar-refractivity contribution in [3.05, 3.63) is 63.8 Å². The summed E-state index contributed by atoms with van der Waals surface area (Å²) in [6.07, 6.45) is 1.86. The van der Waals surface area contributed by atoms with E-state index in [0.717, 1.165) is 16.6 Å². The summed E-state index contributed by atoms with van der Waals surface area (Å²) in [6.45, 7) is 2.27. The number of benzene rings is 1. The first-order valence-electron chi connectivity index (χ1n) is 7.23. The average Bonchev–Trinajstić information content (AvgIpc) is 2.83. The van der Waals surface area contributed by atoms with E-state index in [1.54, 1.807) is 36.0 Å². The van der Waals surface area contributed by atoms with E-state index in [2.05, 4.69) is 5.10 Å². The van der Waals surface area contributed by atoms with Crippen LogP contribution in [0.4, 0.5) is 0 Å². The van der Waals surface area contributed by atoms with Crippen LogP contribution in [-0.4, -0.2) is 27.6 Å². The van der Waals surface area contributed by atoms with Gasteiger partial charge in [-0.1, -0.05) is 18.2 Å². The third-order valence-electron chi connectivity index (χ3n) is 3.74. The van der Waals surface area contributed by atoms with Crippen LogP contribution in [0.15, 0.2) is 45.7 Å². The third kappa shape index (κ3) is 2.88. The van der Waals surface area contributed by atoms with Crippen molar-refractivity contribution in [2.75, 3.05) is 7.05 Å². The normalized spacial score (nSPS) is 10.9. The Morgan fingerprint density at radius 2 is 2.09 bits per heavy atom. The number of aromatic nitrogens is 2. The fourth-order valence-corrected chi connectivity index (χ4v) is 2.55. The van der Waals surface area contributed by atoms with Gasteiger partial charge in [-0.05, 0) is 19.1 Å². The van der Waals surface area contributed by atoms with Crippen LogP contribution in [0.2, 0.25) is 0 Å². The Hall–Kier alpha value is -2.89. The van der Waals surface area contributed by atoms with Crippen LogP contribution in [0.25, 0.3) is 11.0 Å². The van der Waals surface area contributed by atoms with Gasteiger partial charge in [0, 0.05) is 37.8 Å². The molecular formula is C17H17N3O3. The maximum Gasteiger partial charge on any atom is 0.349 e. The maximum absolute atomic E-state index is 12.6. The van der Waals surface area contributed by atoms with Gasteiger partial charge in [0.15, 0.2) is 0 Å². The topological polar surface area (TPSA) is 68.3 Å². The number of fused-ring (bicyclic) bond motifs is 1. The van der Waals surface area contributed by atoms with Gasteiger partial charge in [-0.2, -0.15) is 5.10 Å². The molecule has 6 nitrogen and oxygen atoms in total. The van der Waals surface area contributed by atoms with E-state index in [0.29, 0.717) is 12.1 Å². The Kier molecular flexibility index (Phi) is 3.73. The number of carbonyl (C=O) groups is 1. The van der Waals surface area contributed by atoms with E-state index < -0.39 is 5.63 Å². The number of rotatable bonds is 3. The highest BCUT2D eigenvalue weighted by molar-refractivity contribution is 5.96. The SMILES string of the molecule is Cc1nn(C)cc1CN(C)C(=O)c1cc2ccccc2oc1=O. The van der Waals surface area contributed by atoms with Crippen molar-refractivity contribution in [1.82, 2.24) is 14.7 Å². The van der Waals surface area contributed by atoms with Crippen molar-refractivity contribution in [2.24, 2.45) is 7.05 Å². The van der Waals surface area contributed by atoms with Crippen LogP contribution >= 0.6 is 0 Å². The van der Waals surface area contributed by atoms with Gasteiger partial charge in [0.05, 0.1) is 5.69 Å². The van der Waals surface area contributed by atoms with Gasteiger partial charge in [0.25, 0.3) is 5.91 Å². The molecule has 3 rings (SSSR count). The molecule has 0 radical (unpaired) electrons. The lowest BCUT2D eigenvalue weighted by atomic mass is 10.1. The van der Waals surface area contributed by atoms with Crippen molar-refractivity contribution in [3.8, 4) is 0 Å². The molecule has 23 heavy (non-hydrogen) atoms. The zero-order valence-corrected chi connectivity index (χ0v) is 13.2. The number of amides is 1. The Labute approximate surface area is 132 Å². The summed E-state index contributed by atoms with van der Waals surface area (Å²) in [5.74, 6) is -0.368. The van der Waals surface area contributed by atoms with E-state index in [4.69, 9.17) is 4.42 Å². The molecule has 0 aliphatic carbocycles. The van der Waals surface area contributed by atoms with Crippen LogP contribution in [0.1, 0.15) is 21.6 Å². The molecule has 0 fully saturated rings. The molecule has 0 saturated carbocycles. The minimum absolute atomic E-state index is 0.0349. The van der Waals surface area contributed by atoms with E-state index in [1.165, 1.54) is 4.90 Å². The fourth-order valence-electron chi connectivity index (χ4n) is 2.55. The Balaban J connectivity index is 1.91. The molecule has 0 bridgehead atoms. The van der Waals surface area contributed by atoms with Gasteiger partial charge in [0.2, 0.25) is 0 Å². The van der Waals surface area contributed by atoms with Crippen molar-refractivity contribution in [2.45, 2.75) is 13.5 Å². The van der Waals surface area contributed by atoms with Crippen molar-refractivity contribution in [3.63, 3.8) is 0 Å². The molecular weight excluding hydrogens is 294 g/mol. The molecule has 1 amide bonds. The number of hydrogen-bond donors (Lipinski definition) is 0. The minimum Gasteiger partial charge on any atom is -0.422 e. The second-order valence-electron chi connectivity index (χ2n) is 5.56. The van der Waals surface area contributed by atoms with Gasteiger partial charge in [-0.3, -0.25) is 9.48 Å². The van der Waals surface area contributed by atoms with Crippen LogP contribution in [0, 0.1) is 6.92 Å². The molecule has 0 saturated heterocycles. The van der Waals surface area contributed by atoms with Gasteiger partial charge < -0.3 is 9.32 Å². The highest BCUT2D eigenvalue weighted by Gasteiger charge is 2.19. The fraction of sp³-hybridized carbons (Fsp3) is 0.235. The number of nitrogens with zero attached hydrogens (tertiary/aromatic N) is 3. The Morgan fingerprint density at radius 3 is 2.78 bits per heavy atom. The number of carbonyl (C=O) groups excluding carboxylic acids is 1. The lowest BCUT2D eigenvalue weighted by molar-refractivity contribution is 0.0781. The first-order valence-corrected chi connectivity index (χ1v) is 7.23. The van der Waals surface area contributed by atoms with Gasteiger partial charge in [0.1, 0.15) is 11.1 Å². The van der Waals surface area contributed by atoms with Crippen LogP contribution in [0.3, 0.4) is 0 Å². The van der Waals surface area contributed by atoms with Crippen molar-refractivity contribution >= 4 is 16.9 Å². The zero-order chi connectivity index (χ0) is 16.6. The van der Waals surface area contributed by atoms with Crippen molar-refractivity contribution in [1.29, 1.82) is 0 Å². The second-order valence-corrected chi connectivity index (χ2v) is 5.56. The molecule has 1 aromatic carbocycles. The molecule has 3 aromatic rings. The molecule has 6 heteroatoms. The molecule has 2 aromatic heterocycles. The molecule has 0 aliphatic rings. The molecule has 0 N–H and O–H groups in total. The standard InChI is InChI=1S/C17H17N3O3/c1-11-13(10-20(3)18-11)9-19(2)16(21)14-8-12-6-4-5-7-15(12)23-17(14)22/h4-8,10H,9H2,1-3H3. The van der Waals surface area contributed by atoms with E-state index in [-0.39, 0.29) is 11.5 Å². The lowest BCUT2D eigenvalue weighted by Gasteiger charge is -2.16. The van der Waals surface area contributed by atoms with Gasteiger partial charge >= 0.3 is 5.63 Å². The molecule has 0 aliphatic heterocycles. The summed E-state index contributed by atoms with van der Waals surface area (Å²) < 4.78 is 6.92. The average molecular weight is 311 g/mol. The smallest absolute Gasteiger partial charge is 0.349 e. The minimum atomic E-state index is -0.622. The summed E-state index contributed by atoms with van der Waals surface area (Å²) in [7, 11) is 3.49. The maximum atomic E-state index is 12.6. The first kappa shape index (κ1) is 15.0. The number of para-hydroxylation sites is 1. The van der Waals surface area contributed by atoms with Gasteiger partial charge in [-0.15, -0.1) is 0 Å². The quantitative estimate of drug-likeness (QED) is 0.695. The van der Waals surface area contributed by atoms with E-state index >= 15 is 0 Å².